The third-order valence-corrected chi connectivity index (χ3v) is 9.04. The summed E-state index contributed by atoms with van der Waals surface area (Å²) in [6, 6.07) is 0.213. The molecule has 3 rings (SSSR count). The molecule has 122 valence electrons. The lowest BCUT2D eigenvalue weighted by Crippen LogP contribution is -2.51. The second-order valence-electron chi connectivity index (χ2n) is 7.61. The molecule has 1 amide bonds. The summed E-state index contributed by atoms with van der Waals surface area (Å²) in [6.45, 7) is 10.3. The van der Waals surface area contributed by atoms with Crippen LogP contribution in [0.25, 0.3) is 0 Å². The van der Waals surface area contributed by atoms with Crippen molar-refractivity contribution in [2.45, 2.75) is 63.6 Å². The first kappa shape index (κ1) is 16.5. The average molecular weight is 387 g/mol. The van der Waals surface area contributed by atoms with Crippen molar-refractivity contribution in [3.05, 3.63) is 0 Å². The molecule has 0 spiro atoms. The number of nitrogens with zero attached hydrogens (tertiary/aromatic N) is 1. The molecule has 5 atom stereocenters. The van der Waals surface area contributed by atoms with E-state index in [0.29, 0.717) is 10.4 Å². The molecule has 0 saturated heterocycles. The predicted molar refractivity (Wildman–Crippen MR) is 93.4 cm³/mol. The van der Waals surface area contributed by atoms with E-state index >= 15 is 0 Å². The molecule has 2 fully saturated rings. The summed E-state index contributed by atoms with van der Waals surface area (Å²) in [5.41, 5.74) is -1.48. The molecule has 3 aliphatic rings. The number of halogens is 1. The number of Topliss-reactive ketones (excluding diaryl/α,β-unsaturated/α-hetero) is 1. The Labute approximate surface area is 144 Å². The summed E-state index contributed by atoms with van der Waals surface area (Å²) >= 11 is 5.15. The minimum absolute atomic E-state index is 0.0542. The van der Waals surface area contributed by atoms with Gasteiger partial charge in [0, 0.05) is 10.7 Å². The Morgan fingerprint density at radius 1 is 1.32 bits per heavy atom. The topological polar surface area (TPSA) is 58.5 Å². The van der Waals surface area contributed by atoms with Gasteiger partial charge in [0.2, 0.25) is 5.91 Å². The molecule has 2 bridgehead atoms. The number of nitrogens with one attached hydrogen (secondary N) is 1. The van der Waals surface area contributed by atoms with Gasteiger partial charge >= 0.3 is 0 Å². The lowest BCUT2D eigenvalue weighted by molar-refractivity contribution is -0.134. The minimum atomic E-state index is -0.684. The number of rotatable bonds is 1. The van der Waals surface area contributed by atoms with Crippen LogP contribution in [0.2, 0.25) is 0 Å². The summed E-state index contributed by atoms with van der Waals surface area (Å²) in [5, 5.41) is 4.09. The largest absolute Gasteiger partial charge is 0.305 e. The molecule has 1 heterocycles. The number of fused-ring (bicyclic) bond motifs is 2. The number of hydrogen-bond donors (Lipinski definition) is 1. The van der Waals surface area contributed by atoms with Crippen molar-refractivity contribution in [3.8, 4) is 0 Å². The van der Waals surface area contributed by atoms with Gasteiger partial charge in [0.15, 0.2) is 11.0 Å². The van der Waals surface area contributed by atoms with Crippen molar-refractivity contribution < 1.29 is 9.59 Å². The fraction of sp³-hybridized carbons (Fsp3) is 0.812. The van der Waals surface area contributed by atoms with Gasteiger partial charge in [0.1, 0.15) is 0 Å². The van der Waals surface area contributed by atoms with Gasteiger partial charge in [-0.1, -0.05) is 55.4 Å². The van der Waals surface area contributed by atoms with Gasteiger partial charge in [-0.3, -0.25) is 14.6 Å². The normalized spacial score (nSPS) is 46.0. The van der Waals surface area contributed by atoms with Crippen molar-refractivity contribution in [2.75, 3.05) is 0 Å². The zero-order valence-electron chi connectivity index (χ0n) is 13.7. The van der Waals surface area contributed by atoms with Gasteiger partial charge in [-0.05, 0) is 25.2 Å². The van der Waals surface area contributed by atoms with Gasteiger partial charge in [-0.25, -0.2) is 0 Å². The van der Waals surface area contributed by atoms with E-state index in [-0.39, 0.29) is 23.1 Å². The third-order valence-electron chi connectivity index (χ3n) is 6.64. The van der Waals surface area contributed by atoms with Gasteiger partial charge in [0.25, 0.3) is 0 Å². The van der Waals surface area contributed by atoms with E-state index in [2.05, 4.69) is 53.9 Å². The lowest BCUT2D eigenvalue weighted by atomic mass is 9.64. The Morgan fingerprint density at radius 3 is 2.41 bits per heavy atom. The predicted octanol–water partition coefficient (Wildman–Crippen LogP) is 3.14. The van der Waals surface area contributed by atoms with Crippen molar-refractivity contribution in [1.82, 2.24) is 5.32 Å². The zero-order chi connectivity index (χ0) is 16.5. The smallest absolute Gasteiger partial charge is 0.234 e. The second-order valence-corrected chi connectivity index (χ2v) is 9.89. The highest BCUT2D eigenvalue weighted by Crippen LogP contribution is 2.72. The molecular formula is C16H23BrN2O2S. The monoisotopic (exact) mass is 386 g/mol. The van der Waals surface area contributed by atoms with E-state index in [1.54, 1.807) is 11.8 Å². The highest BCUT2D eigenvalue weighted by molar-refractivity contribution is 9.10. The maximum absolute atomic E-state index is 13.1. The van der Waals surface area contributed by atoms with E-state index in [0.717, 1.165) is 12.8 Å². The molecular weight excluding hydrogens is 364 g/mol. The number of amidine groups is 1. The van der Waals surface area contributed by atoms with Crippen LogP contribution in [-0.2, 0) is 9.59 Å². The summed E-state index contributed by atoms with van der Waals surface area (Å²) in [6.07, 6.45) is 1.52. The fourth-order valence-electron chi connectivity index (χ4n) is 4.32. The molecule has 5 unspecified atom stereocenters. The second kappa shape index (κ2) is 4.82. The quantitative estimate of drug-likeness (QED) is 0.704. The first-order valence-corrected chi connectivity index (χ1v) is 9.62. The van der Waals surface area contributed by atoms with Crippen molar-refractivity contribution in [1.29, 1.82) is 0 Å². The van der Waals surface area contributed by atoms with E-state index < -0.39 is 15.7 Å². The molecule has 0 aromatic carbocycles. The number of amides is 1. The molecule has 1 N–H and O–H groups in total. The Morgan fingerprint density at radius 2 is 1.95 bits per heavy atom. The van der Waals surface area contributed by atoms with Gasteiger partial charge in [-0.2, -0.15) is 0 Å². The van der Waals surface area contributed by atoms with Crippen molar-refractivity contribution >= 4 is 44.5 Å². The Kier molecular flexibility index (Phi) is 3.61. The molecule has 22 heavy (non-hydrogen) atoms. The number of carbonyl (C=O) groups is 2. The Balaban J connectivity index is 1.92. The number of hydrogen-bond acceptors (Lipinski definition) is 4. The standard InChI is InChI=1S/C16H23BrN2O2S/c1-8-9(2)22-13(18-8)19-12(21)16-7-6-15(5,14(16,3)4)11(20)10(16)17/h8-10H,6-7H2,1-5H3,(H,18,19,21). The summed E-state index contributed by atoms with van der Waals surface area (Å²) in [7, 11) is 0. The van der Waals surface area contributed by atoms with Crippen LogP contribution in [0.1, 0.15) is 47.5 Å². The minimum Gasteiger partial charge on any atom is -0.305 e. The Bertz CT molecular complexity index is 591. The fourth-order valence-corrected chi connectivity index (χ4v) is 6.82. The maximum Gasteiger partial charge on any atom is 0.234 e. The number of aliphatic imine (C=N–C) groups is 1. The first-order valence-electron chi connectivity index (χ1n) is 7.82. The van der Waals surface area contributed by atoms with Crippen LogP contribution in [0.15, 0.2) is 4.99 Å². The van der Waals surface area contributed by atoms with Crippen LogP contribution in [0, 0.1) is 16.2 Å². The van der Waals surface area contributed by atoms with E-state index in [1.165, 1.54) is 0 Å². The summed E-state index contributed by atoms with van der Waals surface area (Å²) < 4.78 is 0. The van der Waals surface area contributed by atoms with Crippen molar-refractivity contribution in [3.63, 3.8) is 0 Å². The number of carbonyl (C=O) groups excluding carboxylic acids is 2. The number of ketones is 1. The summed E-state index contributed by atoms with van der Waals surface area (Å²) in [4.78, 5) is 29.9. The first-order chi connectivity index (χ1) is 10.1. The molecule has 2 saturated carbocycles. The van der Waals surface area contributed by atoms with Crippen LogP contribution in [-0.4, -0.2) is 33.0 Å². The molecule has 2 aliphatic carbocycles. The third kappa shape index (κ3) is 1.74. The van der Waals surface area contributed by atoms with Gasteiger partial charge in [0.05, 0.1) is 16.3 Å². The van der Waals surface area contributed by atoms with Gasteiger partial charge in [-0.15, -0.1) is 0 Å². The number of thioether (sulfide) groups is 1. The van der Waals surface area contributed by atoms with E-state index in [4.69, 9.17) is 0 Å². The van der Waals surface area contributed by atoms with Crippen LogP contribution in [0.5, 0.6) is 0 Å². The molecule has 6 heteroatoms. The molecule has 0 radical (unpaired) electrons. The highest BCUT2D eigenvalue weighted by Gasteiger charge is 2.76. The van der Waals surface area contributed by atoms with Crippen LogP contribution in [0.4, 0.5) is 0 Å². The van der Waals surface area contributed by atoms with Crippen LogP contribution >= 0.6 is 27.7 Å². The van der Waals surface area contributed by atoms with E-state index in [1.807, 2.05) is 6.92 Å². The molecule has 1 aliphatic heterocycles. The van der Waals surface area contributed by atoms with Gasteiger partial charge < -0.3 is 5.32 Å². The SMILES string of the molecule is CC1N=C(NC(=O)C23CCC(C)(C(=O)C2Br)C3(C)C)SC1C. The average Bonchev–Trinajstić information content (AvgIpc) is 2.88. The molecule has 0 aromatic heterocycles. The highest BCUT2D eigenvalue weighted by atomic mass is 79.9. The lowest BCUT2D eigenvalue weighted by Gasteiger charge is -2.39. The Hall–Kier alpha value is -0.360. The van der Waals surface area contributed by atoms with Crippen LogP contribution < -0.4 is 5.32 Å². The van der Waals surface area contributed by atoms with E-state index in [9.17, 15) is 9.59 Å². The molecule has 4 nitrogen and oxygen atoms in total. The summed E-state index contributed by atoms with van der Waals surface area (Å²) in [5.74, 6) is 0.114. The maximum atomic E-state index is 13.1. The number of alkyl halides is 1. The zero-order valence-corrected chi connectivity index (χ0v) is 16.1. The molecule has 0 aromatic rings. The van der Waals surface area contributed by atoms with Crippen molar-refractivity contribution in [2.24, 2.45) is 21.2 Å². The van der Waals surface area contributed by atoms with Crippen LogP contribution in [0.3, 0.4) is 0 Å².